The smallest absolute Gasteiger partial charge is 0.349 e. The predicted octanol–water partition coefficient (Wildman–Crippen LogP) is 2.65. The van der Waals surface area contributed by atoms with E-state index in [1.54, 1.807) is 32.9 Å². The second-order valence-electron chi connectivity index (χ2n) is 5.46. The molecule has 1 aromatic carbocycles. The highest BCUT2D eigenvalue weighted by molar-refractivity contribution is 5.79. The van der Waals surface area contributed by atoms with Crippen LogP contribution in [0.3, 0.4) is 0 Å². The van der Waals surface area contributed by atoms with Gasteiger partial charge in [0, 0.05) is 0 Å². The Balaban J connectivity index is 3.04. The molecule has 0 aliphatic carbocycles. The number of carboxylic acids is 1. The van der Waals surface area contributed by atoms with E-state index in [0.29, 0.717) is 17.9 Å². The first kappa shape index (κ1) is 17.0. The van der Waals surface area contributed by atoms with Crippen LogP contribution in [0.2, 0.25) is 0 Å². The number of rotatable bonds is 6. The van der Waals surface area contributed by atoms with Gasteiger partial charge in [-0.25, -0.2) is 4.79 Å². The van der Waals surface area contributed by atoms with Crippen molar-refractivity contribution in [3.05, 3.63) is 28.8 Å². The fourth-order valence-electron chi connectivity index (χ4n) is 2.08. The van der Waals surface area contributed by atoms with Crippen LogP contribution in [-0.2, 0) is 20.7 Å². The van der Waals surface area contributed by atoms with Crippen LogP contribution in [-0.4, -0.2) is 29.3 Å². The molecule has 5 nitrogen and oxygen atoms in total. The van der Waals surface area contributed by atoms with E-state index in [9.17, 15) is 9.59 Å². The molecular weight excluding hydrogens is 272 g/mol. The molecule has 0 radical (unpaired) electrons. The fourth-order valence-corrected chi connectivity index (χ4v) is 2.08. The molecule has 0 fully saturated rings. The molecule has 1 rings (SSSR count). The largest absolute Gasteiger partial charge is 0.481 e. The fraction of sp³-hybridized carbons (Fsp3) is 0.500. The van der Waals surface area contributed by atoms with E-state index >= 15 is 0 Å². The van der Waals surface area contributed by atoms with Crippen molar-refractivity contribution in [1.82, 2.24) is 0 Å². The first-order chi connectivity index (χ1) is 9.67. The van der Waals surface area contributed by atoms with E-state index in [4.69, 9.17) is 14.6 Å². The number of carbonyl (C=O) groups excluding carboxylic acids is 1. The lowest BCUT2D eigenvalue weighted by Crippen LogP contribution is -2.40. The van der Waals surface area contributed by atoms with Crippen LogP contribution < -0.4 is 4.74 Å². The third kappa shape index (κ3) is 4.48. The summed E-state index contributed by atoms with van der Waals surface area (Å²) in [6.07, 6.45) is -0.0385. The Morgan fingerprint density at radius 3 is 2.14 bits per heavy atom. The number of aryl methyl sites for hydroxylation is 2. The van der Waals surface area contributed by atoms with Gasteiger partial charge in [0.05, 0.1) is 13.0 Å². The molecule has 0 aliphatic heterocycles. The first-order valence-corrected chi connectivity index (χ1v) is 6.85. The Kier molecular flexibility index (Phi) is 5.35. The molecule has 0 atom stereocenters. The van der Waals surface area contributed by atoms with Gasteiger partial charge in [-0.15, -0.1) is 0 Å². The normalized spacial score (nSPS) is 11.1. The molecule has 0 saturated carbocycles. The topological polar surface area (TPSA) is 72.8 Å². The molecule has 0 aromatic heterocycles. The molecule has 21 heavy (non-hydrogen) atoms. The minimum atomic E-state index is -1.10. The van der Waals surface area contributed by atoms with Crippen LogP contribution in [0, 0.1) is 13.8 Å². The number of benzene rings is 1. The quantitative estimate of drug-likeness (QED) is 0.817. The number of ether oxygens (including phenoxy) is 2. The van der Waals surface area contributed by atoms with Crippen molar-refractivity contribution in [1.29, 1.82) is 0 Å². The average Bonchev–Trinajstić information content (AvgIpc) is 2.33. The summed E-state index contributed by atoms with van der Waals surface area (Å²) in [5.74, 6) is -0.727. The number of carboxylic acid groups (broad SMARTS) is 1. The van der Waals surface area contributed by atoms with Crippen LogP contribution in [0.5, 0.6) is 5.75 Å². The highest BCUT2D eigenvalue weighted by Crippen LogP contribution is 2.29. The van der Waals surface area contributed by atoms with E-state index in [-0.39, 0.29) is 6.42 Å². The molecule has 0 saturated heterocycles. The Morgan fingerprint density at radius 2 is 1.71 bits per heavy atom. The molecule has 0 heterocycles. The Morgan fingerprint density at radius 1 is 1.19 bits per heavy atom. The summed E-state index contributed by atoms with van der Waals surface area (Å²) < 4.78 is 10.8. The molecule has 0 spiro atoms. The third-order valence-electron chi connectivity index (χ3n) is 3.00. The number of aliphatic carboxylic acids is 1. The zero-order valence-corrected chi connectivity index (χ0v) is 13.1. The molecule has 0 amide bonds. The standard InChI is InChI=1S/C16H22O5/c1-6-20-15(19)16(4,5)21-14-10(2)7-12(8-11(14)3)9-13(17)18/h7-8H,6,9H2,1-5H3,(H,17,18). The number of carbonyl (C=O) groups is 2. The number of hydrogen-bond acceptors (Lipinski definition) is 4. The van der Waals surface area contributed by atoms with Crippen LogP contribution in [0.1, 0.15) is 37.5 Å². The number of hydrogen-bond donors (Lipinski definition) is 1. The van der Waals surface area contributed by atoms with E-state index in [1.807, 2.05) is 13.8 Å². The maximum atomic E-state index is 11.9. The van der Waals surface area contributed by atoms with Gasteiger partial charge in [-0.1, -0.05) is 12.1 Å². The van der Waals surface area contributed by atoms with Crippen LogP contribution in [0.25, 0.3) is 0 Å². The highest BCUT2D eigenvalue weighted by atomic mass is 16.6. The van der Waals surface area contributed by atoms with Gasteiger partial charge in [0.2, 0.25) is 0 Å². The lowest BCUT2D eigenvalue weighted by molar-refractivity contribution is -0.158. The zero-order chi connectivity index (χ0) is 16.2. The van der Waals surface area contributed by atoms with E-state index in [1.165, 1.54) is 0 Å². The zero-order valence-electron chi connectivity index (χ0n) is 13.1. The minimum absolute atomic E-state index is 0.0385. The predicted molar refractivity (Wildman–Crippen MR) is 78.6 cm³/mol. The second-order valence-corrected chi connectivity index (χ2v) is 5.46. The summed E-state index contributed by atoms with van der Waals surface area (Å²) in [5, 5.41) is 8.84. The monoisotopic (exact) mass is 294 g/mol. The van der Waals surface area contributed by atoms with Crippen LogP contribution in [0.4, 0.5) is 0 Å². The van der Waals surface area contributed by atoms with Crippen molar-refractivity contribution in [2.24, 2.45) is 0 Å². The van der Waals surface area contributed by atoms with Gasteiger partial charge in [-0.3, -0.25) is 4.79 Å². The van der Waals surface area contributed by atoms with Gasteiger partial charge in [0.15, 0.2) is 5.60 Å². The molecule has 0 unspecified atom stereocenters. The van der Waals surface area contributed by atoms with Gasteiger partial charge in [-0.2, -0.15) is 0 Å². The van der Waals surface area contributed by atoms with Crippen molar-refractivity contribution in [3.63, 3.8) is 0 Å². The van der Waals surface area contributed by atoms with Gasteiger partial charge in [0.1, 0.15) is 5.75 Å². The SMILES string of the molecule is CCOC(=O)C(C)(C)Oc1c(C)cc(CC(=O)O)cc1C. The van der Waals surface area contributed by atoms with Gasteiger partial charge >= 0.3 is 11.9 Å². The van der Waals surface area contributed by atoms with E-state index < -0.39 is 17.5 Å². The van der Waals surface area contributed by atoms with Gasteiger partial charge in [0.25, 0.3) is 0 Å². The molecular formula is C16H22O5. The highest BCUT2D eigenvalue weighted by Gasteiger charge is 2.32. The summed E-state index contributed by atoms with van der Waals surface area (Å²) in [6.45, 7) is 8.99. The summed E-state index contributed by atoms with van der Waals surface area (Å²) in [5.41, 5.74) is 1.20. The molecule has 0 bridgehead atoms. The van der Waals surface area contributed by atoms with E-state index in [2.05, 4.69) is 0 Å². The Labute approximate surface area is 124 Å². The summed E-state index contributed by atoms with van der Waals surface area (Å²) >= 11 is 0. The molecule has 1 aromatic rings. The van der Waals surface area contributed by atoms with Crippen molar-refractivity contribution in [2.75, 3.05) is 6.61 Å². The van der Waals surface area contributed by atoms with Gasteiger partial charge in [-0.05, 0) is 51.3 Å². The Hall–Kier alpha value is -2.04. The number of esters is 1. The summed E-state index contributed by atoms with van der Waals surface area (Å²) in [4.78, 5) is 22.7. The van der Waals surface area contributed by atoms with Crippen molar-refractivity contribution >= 4 is 11.9 Å². The van der Waals surface area contributed by atoms with Gasteiger partial charge < -0.3 is 14.6 Å². The lowest BCUT2D eigenvalue weighted by atomic mass is 10.0. The molecule has 5 heteroatoms. The van der Waals surface area contributed by atoms with Crippen LogP contribution >= 0.6 is 0 Å². The van der Waals surface area contributed by atoms with Crippen molar-refractivity contribution < 1.29 is 24.2 Å². The molecule has 1 N–H and O–H groups in total. The molecule has 116 valence electrons. The van der Waals surface area contributed by atoms with Crippen LogP contribution in [0.15, 0.2) is 12.1 Å². The van der Waals surface area contributed by atoms with Crippen molar-refractivity contribution in [2.45, 2.75) is 46.6 Å². The van der Waals surface area contributed by atoms with E-state index in [0.717, 1.165) is 11.1 Å². The van der Waals surface area contributed by atoms with Crippen molar-refractivity contribution in [3.8, 4) is 5.75 Å². The lowest BCUT2D eigenvalue weighted by Gasteiger charge is -2.26. The Bertz CT molecular complexity index is 523. The third-order valence-corrected chi connectivity index (χ3v) is 3.00. The second kappa shape index (κ2) is 6.61. The maximum absolute atomic E-state index is 11.9. The summed E-state index contributed by atoms with van der Waals surface area (Å²) in [7, 11) is 0. The maximum Gasteiger partial charge on any atom is 0.349 e. The summed E-state index contributed by atoms with van der Waals surface area (Å²) in [6, 6.07) is 3.52. The molecule has 0 aliphatic rings. The first-order valence-electron chi connectivity index (χ1n) is 6.85. The average molecular weight is 294 g/mol. The minimum Gasteiger partial charge on any atom is -0.481 e.